The Morgan fingerprint density at radius 1 is 1.39 bits per heavy atom. The van der Waals surface area contributed by atoms with Crippen molar-refractivity contribution >= 4 is 10.0 Å². The molecule has 1 aliphatic carbocycles. The highest BCUT2D eigenvalue weighted by Gasteiger charge is 2.34. The molecule has 0 bridgehead atoms. The number of rotatable bonds is 3. The second-order valence-electron chi connectivity index (χ2n) is 4.63. The van der Waals surface area contributed by atoms with E-state index in [1.54, 1.807) is 6.07 Å². The van der Waals surface area contributed by atoms with Crippen LogP contribution in [0, 0.1) is 0 Å². The molecule has 0 radical (unpaired) electrons. The van der Waals surface area contributed by atoms with Crippen LogP contribution in [0.2, 0.25) is 0 Å². The normalized spacial score (nSPS) is 25.3. The van der Waals surface area contributed by atoms with E-state index in [-0.39, 0.29) is 10.9 Å². The fraction of sp³-hybridized carbons (Fsp3) is 0.583. The van der Waals surface area contributed by atoms with Gasteiger partial charge >= 0.3 is 0 Å². The van der Waals surface area contributed by atoms with Crippen molar-refractivity contribution in [3.05, 3.63) is 24.5 Å². The number of pyridine rings is 1. The van der Waals surface area contributed by atoms with Crippen molar-refractivity contribution < 1.29 is 13.5 Å². The monoisotopic (exact) mass is 270 g/mol. The van der Waals surface area contributed by atoms with Crippen LogP contribution in [0.5, 0.6) is 0 Å². The summed E-state index contributed by atoms with van der Waals surface area (Å²) in [5.74, 6) is 0. The molecule has 0 aliphatic heterocycles. The van der Waals surface area contributed by atoms with Gasteiger partial charge in [0.05, 0.1) is 12.1 Å². The minimum absolute atomic E-state index is 0.172. The van der Waals surface area contributed by atoms with Crippen LogP contribution in [0.3, 0.4) is 0 Å². The van der Waals surface area contributed by atoms with E-state index in [9.17, 15) is 13.5 Å². The minimum atomic E-state index is -3.56. The van der Waals surface area contributed by atoms with Gasteiger partial charge in [0.15, 0.2) is 0 Å². The van der Waals surface area contributed by atoms with Crippen molar-refractivity contribution in [2.75, 3.05) is 7.05 Å². The molecule has 5 nitrogen and oxygen atoms in total. The van der Waals surface area contributed by atoms with Crippen LogP contribution < -0.4 is 0 Å². The van der Waals surface area contributed by atoms with Gasteiger partial charge in [-0.3, -0.25) is 4.98 Å². The number of likely N-dealkylation sites (N-methyl/N-ethyl adjacent to an activating group) is 1. The highest BCUT2D eigenvalue weighted by Crippen LogP contribution is 2.26. The molecule has 0 amide bonds. The van der Waals surface area contributed by atoms with E-state index in [1.165, 1.54) is 29.8 Å². The summed E-state index contributed by atoms with van der Waals surface area (Å²) in [6.07, 6.45) is 5.58. The van der Waals surface area contributed by atoms with Crippen LogP contribution in [0.4, 0.5) is 0 Å². The van der Waals surface area contributed by atoms with Gasteiger partial charge in [-0.15, -0.1) is 0 Å². The Hall–Kier alpha value is -0.980. The molecule has 1 aromatic heterocycles. The summed E-state index contributed by atoms with van der Waals surface area (Å²) in [6.45, 7) is 0. The van der Waals surface area contributed by atoms with Crippen molar-refractivity contribution in [2.45, 2.75) is 42.7 Å². The number of sulfonamides is 1. The lowest BCUT2D eigenvalue weighted by Gasteiger charge is -2.34. The van der Waals surface area contributed by atoms with Gasteiger partial charge in [0.2, 0.25) is 10.0 Å². The summed E-state index contributed by atoms with van der Waals surface area (Å²) >= 11 is 0. The van der Waals surface area contributed by atoms with Gasteiger partial charge in [-0.25, -0.2) is 8.42 Å². The number of aromatic nitrogens is 1. The average molecular weight is 270 g/mol. The summed E-state index contributed by atoms with van der Waals surface area (Å²) in [5, 5.41) is 9.93. The first-order valence-corrected chi connectivity index (χ1v) is 7.53. The largest absolute Gasteiger partial charge is 0.391 e. The highest BCUT2D eigenvalue weighted by molar-refractivity contribution is 7.89. The zero-order valence-corrected chi connectivity index (χ0v) is 11.2. The van der Waals surface area contributed by atoms with Gasteiger partial charge in [0, 0.05) is 19.4 Å². The Labute approximate surface area is 108 Å². The highest BCUT2D eigenvalue weighted by atomic mass is 32.2. The van der Waals surface area contributed by atoms with E-state index in [1.807, 2.05) is 0 Å². The van der Waals surface area contributed by atoms with Gasteiger partial charge in [-0.05, 0) is 25.0 Å². The molecule has 1 heterocycles. The smallest absolute Gasteiger partial charge is 0.244 e. The molecule has 1 saturated carbocycles. The second-order valence-corrected chi connectivity index (χ2v) is 6.63. The van der Waals surface area contributed by atoms with Crippen molar-refractivity contribution in [3.63, 3.8) is 0 Å². The standard InChI is InChI=1S/C12H18N2O3S/c1-14(11-6-2-3-7-12(11)15)18(16,17)10-5-4-8-13-9-10/h4-5,8-9,11-12,15H,2-3,6-7H2,1H3. The zero-order chi connectivity index (χ0) is 13.2. The van der Waals surface area contributed by atoms with E-state index in [2.05, 4.69) is 4.98 Å². The fourth-order valence-corrected chi connectivity index (χ4v) is 3.74. The van der Waals surface area contributed by atoms with Crippen LogP contribution in [0.1, 0.15) is 25.7 Å². The molecule has 100 valence electrons. The first kappa shape index (κ1) is 13.5. The summed E-state index contributed by atoms with van der Waals surface area (Å²) in [5.41, 5.74) is 0. The Morgan fingerprint density at radius 2 is 2.11 bits per heavy atom. The number of hydrogen-bond acceptors (Lipinski definition) is 4. The first-order valence-electron chi connectivity index (χ1n) is 6.09. The van der Waals surface area contributed by atoms with E-state index in [0.717, 1.165) is 12.8 Å². The van der Waals surface area contributed by atoms with E-state index in [4.69, 9.17) is 0 Å². The Bertz CT molecular complexity index is 489. The van der Waals surface area contributed by atoms with Crippen LogP contribution in [0.15, 0.2) is 29.4 Å². The van der Waals surface area contributed by atoms with Gasteiger partial charge < -0.3 is 5.11 Å². The van der Waals surface area contributed by atoms with Crippen LogP contribution >= 0.6 is 0 Å². The van der Waals surface area contributed by atoms with Crippen LogP contribution in [0.25, 0.3) is 0 Å². The SMILES string of the molecule is CN(C1CCCCC1O)S(=O)(=O)c1cccnc1. The number of hydrogen-bond donors (Lipinski definition) is 1. The summed E-state index contributed by atoms with van der Waals surface area (Å²) in [6, 6.07) is 2.79. The third-order valence-corrected chi connectivity index (χ3v) is 5.34. The molecule has 18 heavy (non-hydrogen) atoms. The number of aliphatic hydroxyl groups is 1. The van der Waals surface area contributed by atoms with Crippen molar-refractivity contribution in [3.8, 4) is 0 Å². The Morgan fingerprint density at radius 3 is 2.72 bits per heavy atom. The van der Waals surface area contributed by atoms with Gasteiger partial charge in [-0.2, -0.15) is 4.31 Å². The average Bonchev–Trinajstić information content (AvgIpc) is 2.39. The predicted octanol–water partition coefficient (Wildman–Crippen LogP) is 1.01. The maximum atomic E-state index is 12.4. The van der Waals surface area contributed by atoms with E-state index >= 15 is 0 Å². The van der Waals surface area contributed by atoms with E-state index < -0.39 is 16.1 Å². The second kappa shape index (κ2) is 5.34. The fourth-order valence-electron chi connectivity index (χ4n) is 2.36. The van der Waals surface area contributed by atoms with Crippen molar-refractivity contribution in [2.24, 2.45) is 0 Å². The molecule has 0 aromatic carbocycles. The summed E-state index contributed by atoms with van der Waals surface area (Å²) in [4.78, 5) is 4.00. The molecular formula is C12H18N2O3S. The summed E-state index contributed by atoms with van der Waals surface area (Å²) < 4.78 is 26.0. The molecular weight excluding hydrogens is 252 g/mol. The molecule has 0 saturated heterocycles. The minimum Gasteiger partial charge on any atom is -0.391 e. The molecule has 1 aliphatic rings. The lowest BCUT2D eigenvalue weighted by molar-refractivity contribution is 0.0638. The van der Waals surface area contributed by atoms with Crippen LogP contribution in [-0.2, 0) is 10.0 Å². The maximum absolute atomic E-state index is 12.4. The number of aliphatic hydroxyl groups excluding tert-OH is 1. The first-order chi connectivity index (χ1) is 8.53. The predicted molar refractivity (Wildman–Crippen MR) is 67.4 cm³/mol. The van der Waals surface area contributed by atoms with Crippen molar-refractivity contribution in [1.82, 2.24) is 9.29 Å². The zero-order valence-electron chi connectivity index (χ0n) is 10.4. The molecule has 1 fully saturated rings. The Kier molecular flexibility index (Phi) is 3.99. The van der Waals surface area contributed by atoms with E-state index in [0.29, 0.717) is 12.8 Å². The molecule has 0 spiro atoms. The third-order valence-electron chi connectivity index (χ3n) is 3.47. The van der Waals surface area contributed by atoms with Crippen molar-refractivity contribution in [1.29, 1.82) is 0 Å². The van der Waals surface area contributed by atoms with Crippen LogP contribution in [-0.4, -0.2) is 42.0 Å². The summed E-state index contributed by atoms with van der Waals surface area (Å²) in [7, 11) is -2.03. The Balaban J connectivity index is 2.25. The van der Waals surface area contributed by atoms with Gasteiger partial charge in [0.25, 0.3) is 0 Å². The maximum Gasteiger partial charge on any atom is 0.244 e. The quantitative estimate of drug-likeness (QED) is 0.889. The topological polar surface area (TPSA) is 70.5 Å². The van der Waals surface area contributed by atoms with Gasteiger partial charge in [-0.1, -0.05) is 12.8 Å². The molecule has 2 unspecified atom stereocenters. The van der Waals surface area contributed by atoms with Gasteiger partial charge in [0.1, 0.15) is 4.90 Å². The third kappa shape index (κ3) is 2.55. The molecule has 2 rings (SSSR count). The molecule has 2 atom stereocenters. The lowest BCUT2D eigenvalue weighted by atomic mass is 9.93. The number of nitrogens with zero attached hydrogens (tertiary/aromatic N) is 2. The molecule has 1 aromatic rings. The molecule has 1 N–H and O–H groups in total. The molecule has 6 heteroatoms. The lowest BCUT2D eigenvalue weighted by Crippen LogP contribution is -2.46.